The number of carbonyl (C=O) groups is 2. The number of nitrogens with two attached hydrogens (primary N) is 1. The number of hydrogen-bond acceptors (Lipinski definition) is 3. The van der Waals surface area contributed by atoms with Crippen molar-refractivity contribution >= 4 is 23.3 Å². The molecular formula is C15H22N4O2. The van der Waals surface area contributed by atoms with Gasteiger partial charge in [0.2, 0.25) is 5.91 Å². The molecule has 1 aliphatic rings. The van der Waals surface area contributed by atoms with Crippen LogP contribution in [0.5, 0.6) is 0 Å². The number of urea groups is 1. The number of hydrogen-bond donors (Lipinski definition) is 4. The van der Waals surface area contributed by atoms with E-state index in [2.05, 4.69) is 16.0 Å². The van der Waals surface area contributed by atoms with Crippen LogP contribution in [0.1, 0.15) is 25.7 Å². The minimum atomic E-state index is -0.276. The Bertz CT molecular complexity index is 503. The zero-order chi connectivity index (χ0) is 15.3. The third kappa shape index (κ3) is 3.95. The Kier molecular flexibility index (Phi) is 4.80. The van der Waals surface area contributed by atoms with E-state index in [1.165, 1.54) is 0 Å². The monoisotopic (exact) mass is 290 g/mol. The average molecular weight is 290 g/mol. The van der Waals surface area contributed by atoms with Gasteiger partial charge in [-0.15, -0.1) is 0 Å². The maximum absolute atomic E-state index is 12.0. The Balaban J connectivity index is 1.88. The minimum Gasteiger partial charge on any atom is -0.341 e. The summed E-state index contributed by atoms with van der Waals surface area (Å²) >= 11 is 0. The summed E-state index contributed by atoms with van der Waals surface area (Å²) in [4.78, 5) is 23.2. The zero-order valence-corrected chi connectivity index (χ0v) is 12.2. The molecular weight excluding hydrogens is 268 g/mol. The molecule has 0 bridgehead atoms. The van der Waals surface area contributed by atoms with Crippen LogP contribution < -0.4 is 21.7 Å². The van der Waals surface area contributed by atoms with Crippen molar-refractivity contribution in [1.82, 2.24) is 5.32 Å². The lowest BCUT2D eigenvalue weighted by Gasteiger charge is -2.40. The number of rotatable bonds is 5. The SMILES string of the molecule is CNC(=O)Nc1ccc(NC(=O)CC2(CN)CCC2)cc1. The van der Waals surface area contributed by atoms with Crippen molar-refractivity contribution in [3.8, 4) is 0 Å². The topological polar surface area (TPSA) is 96.2 Å². The van der Waals surface area contributed by atoms with Crippen molar-refractivity contribution in [3.63, 3.8) is 0 Å². The van der Waals surface area contributed by atoms with Gasteiger partial charge in [0.15, 0.2) is 0 Å². The molecule has 6 heteroatoms. The van der Waals surface area contributed by atoms with E-state index in [1.54, 1.807) is 31.3 Å². The molecule has 21 heavy (non-hydrogen) atoms. The zero-order valence-electron chi connectivity index (χ0n) is 12.2. The first kappa shape index (κ1) is 15.3. The van der Waals surface area contributed by atoms with Gasteiger partial charge < -0.3 is 21.7 Å². The van der Waals surface area contributed by atoms with Gasteiger partial charge in [0.05, 0.1) is 0 Å². The number of amides is 3. The van der Waals surface area contributed by atoms with Gasteiger partial charge in [0.1, 0.15) is 0 Å². The summed E-state index contributed by atoms with van der Waals surface area (Å²) in [5.74, 6) is -0.00726. The third-order valence-corrected chi connectivity index (χ3v) is 4.04. The van der Waals surface area contributed by atoms with Crippen LogP contribution in [0, 0.1) is 5.41 Å². The molecule has 0 radical (unpaired) electrons. The fourth-order valence-corrected chi connectivity index (χ4v) is 2.51. The highest BCUT2D eigenvalue weighted by Crippen LogP contribution is 2.43. The van der Waals surface area contributed by atoms with Crippen LogP contribution in [-0.2, 0) is 4.79 Å². The third-order valence-electron chi connectivity index (χ3n) is 4.04. The van der Waals surface area contributed by atoms with Gasteiger partial charge in [-0.25, -0.2) is 4.79 Å². The lowest BCUT2D eigenvalue weighted by atomic mass is 9.66. The molecule has 0 unspecified atom stereocenters. The summed E-state index contributed by atoms with van der Waals surface area (Å²) in [6.07, 6.45) is 3.70. The van der Waals surface area contributed by atoms with Gasteiger partial charge in [-0.2, -0.15) is 0 Å². The number of nitrogens with one attached hydrogen (secondary N) is 3. The van der Waals surface area contributed by atoms with E-state index in [9.17, 15) is 9.59 Å². The number of anilines is 2. The average Bonchev–Trinajstić information content (AvgIpc) is 2.45. The second-order valence-electron chi connectivity index (χ2n) is 5.56. The van der Waals surface area contributed by atoms with Crippen LogP contribution in [0.3, 0.4) is 0 Å². The Morgan fingerprint density at radius 3 is 2.14 bits per heavy atom. The van der Waals surface area contributed by atoms with Crippen LogP contribution in [0.4, 0.5) is 16.2 Å². The van der Waals surface area contributed by atoms with Crippen LogP contribution in [0.2, 0.25) is 0 Å². The second kappa shape index (κ2) is 6.58. The largest absolute Gasteiger partial charge is 0.341 e. The van der Waals surface area contributed by atoms with E-state index >= 15 is 0 Å². The molecule has 0 saturated heterocycles. The van der Waals surface area contributed by atoms with E-state index in [0.717, 1.165) is 19.3 Å². The second-order valence-corrected chi connectivity index (χ2v) is 5.56. The molecule has 1 aromatic carbocycles. The van der Waals surface area contributed by atoms with Gasteiger partial charge in [-0.05, 0) is 49.1 Å². The molecule has 5 N–H and O–H groups in total. The van der Waals surface area contributed by atoms with E-state index in [4.69, 9.17) is 5.73 Å². The normalized spacial score (nSPS) is 15.7. The van der Waals surface area contributed by atoms with Gasteiger partial charge in [0.25, 0.3) is 0 Å². The molecule has 0 heterocycles. The summed E-state index contributed by atoms with van der Waals surface area (Å²) < 4.78 is 0. The summed E-state index contributed by atoms with van der Waals surface area (Å²) in [5, 5.41) is 8.00. The van der Waals surface area contributed by atoms with Gasteiger partial charge in [-0.3, -0.25) is 4.79 Å². The molecule has 2 rings (SSSR count). The molecule has 114 valence electrons. The van der Waals surface area contributed by atoms with E-state index in [-0.39, 0.29) is 17.4 Å². The molecule has 1 aromatic rings. The van der Waals surface area contributed by atoms with E-state index in [1.807, 2.05) is 0 Å². The first-order valence-electron chi connectivity index (χ1n) is 7.16. The standard InChI is InChI=1S/C15H22N4O2/c1-17-14(21)19-12-5-3-11(4-6-12)18-13(20)9-15(10-16)7-2-8-15/h3-6H,2,7-10,16H2,1H3,(H,18,20)(H2,17,19,21). The van der Waals surface area contributed by atoms with Crippen molar-refractivity contribution in [2.75, 3.05) is 24.2 Å². The van der Waals surface area contributed by atoms with Crippen LogP contribution >= 0.6 is 0 Å². The summed E-state index contributed by atoms with van der Waals surface area (Å²) in [6.45, 7) is 0.565. The quantitative estimate of drug-likeness (QED) is 0.667. The van der Waals surface area contributed by atoms with Gasteiger partial charge >= 0.3 is 6.03 Å². The summed E-state index contributed by atoms with van der Waals surface area (Å²) in [7, 11) is 1.55. The maximum Gasteiger partial charge on any atom is 0.318 e. The summed E-state index contributed by atoms with van der Waals surface area (Å²) in [6, 6.07) is 6.74. The predicted octanol–water partition coefficient (Wildman–Crippen LogP) is 1.90. The lowest BCUT2D eigenvalue weighted by molar-refractivity contribution is -0.119. The van der Waals surface area contributed by atoms with E-state index in [0.29, 0.717) is 24.3 Å². The van der Waals surface area contributed by atoms with Crippen molar-refractivity contribution in [2.45, 2.75) is 25.7 Å². The van der Waals surface area contributed by atoms with Gasteiger partial charge in [0, 0.05) is 24.8 Å². The highest BCUT2D eigenvalue weighted by Gasteiger charge is 2.37. The fourth-order valence-electron chi connectivity index (χ4n) is 2.51. The van der Waals surface area contributed by atoms with Crippen molar-refractivity contribution in [3.05, 3.63) is 24.3 Å². The lowest BCUT2D eigenvalue weighted by Crippen LogP contribution is -2.40. The van der Waals surface area contributed by atoms with Crippen molar-refractivity contribution < 1.29 is 9.59 Å². The van der Waals surface area contributed by atoms with Crippen LogP contribution in [-0.4, -0.2) is 25.5 Å². The Labute approximate surface area is 124 Å². The molecule has 6 nitrogen and oxygen atoms in total. The smallest absolute Gasteiger partial charge is 0.318 e. The summed E-state index contributed by atoms with van der Waals surface area (Å²) in [5.41, 5.74) is 7.16. The first-order chi connectivity index (χ1) is 10.1. The molecule has 1 fully saturated rings. The molecule has 0 atom stereocenters. The van der Waals surface area contributed by atoms with Crippen molar-refractivity contribution in [1.29, 1.82) is 0 Å². The maximum atomic E-state index is 12.0. The molecule has 1 aliphatic carbocycles. The highest BCUT2D eigenvalue weighted by atomic mass is 16.2. The van der Waals surface area contributed by atoms with Crippen molar-refractivity contribution in [2.24, 2.45) is 11.1 Å². The van der Waals surface area contributed by atoms with Crippen LogP contribution in [0.25, 0.3) is 0 Å². The van der Waals surface area contributed by atoms with Gasteiger partial charge in [-0.1, -0.05) is 6.42 Å². The Morgan fingerprint density at radius 2 is 1.71 bits per heavy atom. The molecule has 0 aromatic heterocycles. The first-order valence-corrected chi connectivity index (χ1v) is 7.16. The Hall–Kier alpha value is -2.08. The molecule has 0 aliphatic heterocycles. The Morgan fingerprint density at radius 1 is 1.14 bits per heavy atom. The number of carbonyl (C=O) groups excluding carboxylic acids is 2. The highest BCUT2D eigenvalue weighted by molar-refractivity contribution is 5.92. The predicted molar refractivity (Wildman–Crippen MR) is 83.1 cm³/mol. The fraction of sp³-hybridized carbons (Fsp3) is 0.467. The molecule has 3 amide bonds. The molecule has 1 saturated carbocycles. The number of benzene rings is 1. The van der Waals surface area contributed by atoms with Crippen LogP contribution in [0.15, 0.2) is 24.3 Å². The molecule has 0 spiro atoms. The van der Waals surface area contributed by atoms with E-state index < -0.39 is 0 Å². The minimum absolute atomic E-state index is 0.00476.